The normalized spacial score (nSPS) is 12.2. The fourth-order valence-electron chi connectivity index (χ4n) is 2.74. The van der Waals surface area contributed by atoms with Gasteiger partial charge in [0.1, 0.15) is 29.4 Å². The van der Waals surface area contributed by atoms with Crippen LogP contribution in [-0.2, 0) is 20.0 Å². The molecule has 2 rings (SSSR count). The highest BCUT2D eigenvalue weighted by Crippen LogP contribution is 2.21. The van der Waals surface area contributed by atoms with Gasteiger partial charge in [-0.1, -0.05) is 0 Å². The minimum atomic E-state index is -3.55. The molecule has 0 radical (unpaired) electrons. The number of carbonyl (C=O) groups is 1. The third kappa shape index (κ3) is 10.6. The van der Waals surface area contributed by atoms with Gasteiger partial charge in [-0.05, 0) is 18.2 Å². The van der Waals surface area contributed by atoms with E-state index in [2.05, 4.69) is 26.3 Å². The topological polar surface area (TPSA) is 162 Å². The molecule has 1 aromatic heterocycles. The van der Waals surface area contributed by atoms with Crippen LogP contribution in [0.1, 0.15) is 0 Å². The minimum Gasteiger partial charge on any atom is -0.488 e. The Morgan fingerprint density at radius 1 is 0.946 bits per heavy atom. The minimum absolute atomic E-state index is 0.0111. The number of halogens is 1. The number of anilines is 2. The summed E-state index contributed by atoms with van der Waals surface area (Å²) in [5.74, 6) is -1.43. The van der Waals surface area contributed by atoms with E-state index in [1.165, 1.54) is 40.5 Å². The number of carbonyl (C=O) groups excluding carboxylic acids is 1. The van der Waals surface area contributed by atoms with Crippen LogP contribution in [0.25, 0.3) is 0 Å². The SMILES string of the molecule is CN(C)S(=O)(=O)CNCC(CNCS(=O)(=O)N(C)C)Oc1cc(F)cc(NC(=O)Nc2cccnc2)c1. The number of hydrogen-bond acceptors (Lipinski definition) is 9. The van der Waals surface area contributed by atoms with Crippen molar-refractivity contribution >= 4 is 37.5 Å². The first-order chi connectivity index (χ1) is 17.3. The molecule has 0 fully saturated rings. The number of nitrogens with zero attached hydrogens (tertiary/aromatic N) is 3. The average Bonchev–Trinajstić information content (AvgIpc) is 2.78. The zero-order chi connectivity index (χ0) is 27.6. The quantitative estimate of drug-likeness (QED) is 0.257. The maximum absolute atomic E-state index is 14.3. The van der Waals surface area contributed by atoms with Crippen LogP contribution in [0.4, 0.5) is 20.6 Å². The Hall–Kier alpha value is -2.89. The lowest BCUT2D eigenvalue weighted by Crippen LogP contribution is -2.44. The van der Waals surface area contributed by atoms with Crippen molar-refractivity contribution in [2.24, 2.45) is 0 Å². The van der Waals surface area contributed by atoms with Crippen LogP contribution < -0.4 is 26.0 Å². The van der Waals surface area contributed by atoms with Crippen molar-refractivity contribution in [2.75, 3.05) is 63.7 Å². The lowest BCUT2D eigenvalue weighted by atomic mass is 10.2. The Bertz CT molecular complexity index is 1200. The summed E-state index contributed by atoms with van der Waals surface area (Å²) in [6, 6.07) is 6.20. The maximum atomic E-state index is 14.3. The molecule has 0 aliphatic carbocycles. The summed E-state index contributed by atoms with van der Waals surface area (Å²) in [7, 11) is -1.53. The summed E-state index contributed by atoms with van der Waals surface area (Å²) in [6.45, 7) is -0.0221. The molecule has 16 heteroatoms. The van der Waals surface area contributed by atoms with E-state index in [0.29, 0.717) is 5.69 Å². The van der Waals surface area contributed by atoms with E-state index in [1.54, 1.807) is 18.3 Å². The maximum Gasteiger partial charge on any atom is 0.323 e. The van der Waals surface area contributed by atoms with Gasteiger partial charge in [0.15, 0.2) is 0 Å². The number of nitrogens with one attached hydrogen (secondary N) is 4. The molecule has 4 N–H and O–H groups in total. The second-order valence-corrected chi connectivity index (χ2v) is 12.6. The van der Waals surface area contributed by atoms with Gasteiger partial charge in [-0.25, -0.2) is 34.6 Å². The standard InChI is InChI=1S/C21H32FN7O6S2/c1-28(2)36(31,32)14-24-12-20(13-25-15-37(33,34)29(3)4)35-19-9-16(22)8-18(10-19)27-21(30)26-17-6-5-7-23-11-17/h5-11,20,24-25H,12-15H2,1-4H3,(H2,26,27,30). The lowest BCUT2D eigenvalue weighted by molar-refractivity contribution is 0.197. The van der Waals surface area contributed by atoms with Crippen molar-refractivity contribution < 1.29 is 30.8 Å². The Morgan fingerprint density at radius 2 is 1.51 bits per heavy atom. The summed E-state index contributed by atoms with van der Waals surface area (Å²) in [6.07, 6.45) is 2.19. The Balaban J connectivity index is 2.10. The van der Waals surface area contributed by atoms with Gasteiger partial charge in [0.2, 0.25) is 20.0 Å². The molecule has 2 aromatic rings. The molecule has 0 unspecified atom stereocenters. The molecule has 0 saturated carbocycles. The van der Waals surface area contributed by atoms with E-state index in [4.69, 9.17) is 4.74 Å². The Kier molecular flexibility index (Phi) is 11.1. The third-order valence-electron chi connectivity index (χ3n) is 4.78. The van der Waals surface area contributed by atoms with E-state index in [-0.39, 0.29) is 36.3 Å². The van der Waals surface area contributed by atoms with Crippen molar-refractivity contribution in [1.29, 1.82) is 0 Å². The second-order valence-electron chi connectivity index (χ2n) is 8.22. The van der Waals surface area contributed by atoms with Crippen LogP contribution in [-0.4, -0.2) is 95.6 Å². The molecule has 1 aromatic carbocycles. The largest absolute Gasteiger partial charge is 0.488 e. The number of hydrogen-bond donors (Lipinski definition) is 4. The summed E-state index contributed by atoms with van der Waals surface area (Å²) in [5, 5.41) is 10.6. The summed E-state index contributed by atoms with van der Waals surface area (Å²) in [5.41, 5.74) is 0.534. The predicted molar refractivity (Wildman–Crippen MR) is 139 cm³/mol. The summed E-state index contributed by atoms with van der Waals surface area (Å²) >= 11 is 0. The highest BCUT2D eigenvalue weighted by molar-refractivity contribution is 7.89. The molecule has 206 valence electrons. The van der Waals surface area contributed by atoms with E-state index < -0.39 is 38.0 Å². The van der Waals surface area contributed by atoms with Crippen LogP contribution in [0.15, 0.2) is 42.7 Å². The third-order valence-corrected chi connectivity index (χ3v) is 8.14. The number of ether oxygens (including phenoxy) is 1. The monoisotopic (exact) mass is 561 g/mol. The van der Waals surface area contributed by atoms with Gasteiger partial charge in [0.05, 0.1) is 11.9 Å². The Morgan fingerprint density at radius 3 is 2.03 bits per heavy atom. The van der Waals surface area contributed by atoms with E-state index in [1.807, 2.05) is 0 Å². The van der Waals surface area contributed by atoms with Crippen molar-refractivity contribution in [3.8, 4) is 5.75 Å². The number of sulfonamides is 2. The molecule has 0 saturated heterocycles. The first kappa shape index (κ1) is 30.3. The van der Waals surface area contributed by atoms with Crippen LogP contribution >= 0.6 is 0 Å². The summed E-state index contributed by atoms with van der Waals surface area (Å²) < 4.78 is 70.4. The molecule has 0 atom stereocenters. The molecule has 1 heterocycles. The fraction of sp³-hybridized carbons (Fsp3) is 0.429. The van der Waals surface area contributed by atoms with Crippen LogP contribution in [0.3, 0.4) is 0 Å². The molecular formula is C21H32FN7O6S2. The number of rotatable bonds is 14. The number of benzene rings is 1. The van der Waals surface area contributed by atoms with Crippen molar-refractivity contribution in [2.45, 2.75) is 6.10 Å². The molecule has 0 bridgehead atoms. The number of urea groups is 1. The van der Waals surface area contributed by atoms with Crippen LogP contribution in [0.2, 0.25) is 0 Å². The first-order valence-electron chi connectivity index (χ1n) is 11.0. The van der Waals surface area contributed by atoms with E-state index >= 15 is 0 Å². The number of aromatic nitrogens is 1. The first-order valence-corrected chi connectivity index (χ1v) is 14.2. The number of pyridine rings is 1. The molecular weight excluding hydrogens is 529 g/mol. The summed E-state index contributed by atoms with van der Waals surface area (Å²) in [4.78, 5) is 16.1. The van der Waals surface area contributed by atoms with Gasteiger partial charge in [-0.3, -0.25) is 15.6 Å². The van der Waals surface area contributed by atoms with Gasteiger partial charge >= 0.3 is 6.03 Å². The number of amides is 2. The van der Waals surface area contributed by atoms with Crippen LogP contribution in [0.5, 0.6) is 5.75 Å². The van der Waals surface area contributed by atoms with Crippen molar-refractivity contribution in [3.05, 3.63) is 48.5 Å². The van der Waals surface area contributed by atoms with Gasteiger partial charge in [0.25, 0.3) is 0 Å². The molecule has 0 spiro atoms. The van der Waals surface area contributed by atoms with Gasteiger partial charge in [0, 0.05) is 65.3 Å². The highest BCUT2D eigenvalue weighted by Gasteiger charge is 2.19. The molecule has 37 heavy (non-hydrogen) atoms. The second kappa shape index (κ2) is 13.6. The van der Waals surface area contributed by atoms with Crippen molar-refractivity contribution in [1.82, 2.24) is 24.2 Å². The van der Waals surface area contributed by atoms with E-state index in [9.17, 15) is 26.0 Å². The van der Waals surface area contributed by atoms with Gasteiger partial charge in [-0.2, -0.15) is 0 Å². The van der Waals surface area contributed by atoms with Crippen molar-refractivity contribution in [3.63, 3.8) is 0 Å². The fourth-order valence-corrected chi connectivity index (χ4v) is 4.01. The lowest BCUT2D eigenvalue weighted by Gasteiger charge is -2.22. The molecule has 0 aliphatic rings. The predicted octanol–water partition coefficient (Wildman–Crippen LogP) is 0.489. The zero-order valence-electron chi connectivity index (χ0n) is 20.9. The van der Waals surface area contributed by atoms with E-state index in [0.717, 1.165) is 20.7 Å². The van der Waals surface area contributed by atoms with Gasteiger partial charge < -0.3 is 15.4 Å². The van der Waals surface area contributed by atoms with Gasteiger partial charge in [-0.15, -0.1) is 0 Å². The molecule has 2 amide bonds. The van der Waals surface area contributed by atoms with Crippen LogP contribution in [0, 0.1) is 5.82 Å². The molecule has 0 aliphatic heterocycles. The average molecular weight is 562 g/mol. The zero-order valence-corrected chi connectivity index (χ0v) is 22.6. The smallest absolute Gasteiger partial charge is 0.323 e. The Labute approximate surface area is 216 Å². The highest BCUT2D eigenvalue weighted by atomic mass is 32.2. The molecule has 13 nitrogen and oxygen atoms in total.